The number of hydrogen-bond donors (Lipinski definition) is 0. The lowest BCUT2D eigenvalue weighted by Crippen LogP contribution is -2.28. The van der Waals surface area contributed by atoms with Crippen LogP contribution < -0.4 is 0 Å². The lowest BCUT2D eigenvalue weighted by atomic mass is 10.2. The van der Waals surface area contributed by atoms with Crippen LogP contribution in [-0.2, 0) is 11.3 Å². The summed E-state index contributed by atoms with van der Waals surface area (Å²) >= 11 is 13.5. The van der Waals surface area contributed by atoms with E-state index in [0.29, 0.717) is 37.0 Å². The highest BCUT2D eigenvalue weighted by Gasteiger charge is 2.34. The molecule has 1 aromatic heterocycles. The predicted octanol–water partition coefficient (Wildman–Crippen LogP) is 6.23. The zero-order valence-corrected chi connectivity index (χ0v) is 18.2. The third-order valence-electron chi connectivity index (χ3n) is 4.27. The monoisotopic (exact) mass is 473 g/mol. The number of benzene rings is 2. The van der Waals surface area contributed by atoms with Gasteiger partial charge >= 0.3 is 0 Å². The predicted molar refractivity (Wildman–Crippen MR) is 123 cm³/mol. The van der Waals surface area contributed by atoms with Crippen LogP contribution in [0.3, 0.4) is 0 Å². The smallest absolute Gasteiger partial charge is 0.267 e. The molecule has 4 rings (SSSR count). The Morgan fingerprint density at radius 2 is 1.90 bits per heavy atom. The third kappa shape index (κ3) is 5.07. The number of amidine groups is 1. The molecule has 0 radical (unpaired) electrons. The van der Waals surface area contributed by atoms with E-state index < -0.39 is 0 Å². The van der Waals surface area contributed by atoms with Gasteiger partial charge in [-0.05, 0) is 59.3 Å². The molecule has 2 aromatic carbocycles. The van der Waals surface area contributed by atoms with E-state index in [9.17, 15) is 9.18 Å². The first-order chi connectivity index (χ1) is 15.0. The Labute approximate surface area is 191 Å². The van der Waals surface area contributed by atoms with Crippen LogP contribution in [0.5, 0.6) is 0 Å². The third-order valence-corrected chi connectivity index (χ3v) is 6.10. The van der Waals surface area contributed by atoms with Gasteiger partial charge in [-0.1, -0.05) is 47.5 Å². The molecule has 0 unspecified atom stereocenters. The summed E-state index contributed by atoms with van der Waals surface area (Å²) in [5.41, 5.74) is 1.30. The van der Waals surface area contributed by atoms with E-state index in [4.69, 9.17) is 27.6 Å². The maximum Gasteiger partial charge on any atom is 0.267 e. The quantitative estimate of drug-likeness (QED) is 0.250. The number of halogens is 3. The van der Waals surface area contributed by atoms with Gasteiger partial charge < -0.3 is 4.42 Å². The van der Waals surface area contributed by atoms with Crippen LogP contribution in [0.25, 0.3) is 6.08 Å². The number of amides is 1. The molecule has 0 atom stereocenters. The molecule has 0 spiro atoms. The van der Waals surface area contributed by atoms with Crippen molar-refractivity contribution in [2.24, 2.45) is 10.2 Å². The second kappa shape index (κ2) is 9.51. The second-order valence-electron chi connectivity index (χ2n) is 6.40. The molecule has 156 valence electrons. The van der Waals surface area contributed by atoms with E-state index in [2.05, 4.69) is 10.2 Å². The Kier molecular flexibility index (Phi) is 6.56. The summed E-state index contributed by atoms with van der Waals surface area (Å²) in [6.07, 6.45) is 4.69. The molecule has 1 aliphatic heterocycles. The van der Waals surface area contributed by atoms with Crippen molar-refractivity contribution in [1.82, 2.24) is 4.90 Å². The molecule has 3 aromatic rings. The average Bonchev–Trinajstić information content (AvgIpc) is 3.37. The van der Waals surface area contributed by atoms with Gasteiger partial charge in [0.25, 0.3) is 5.91 Å². The van der Waals surface area contributed by atoms with Crippen molar-refractivity contribution in [3.05, 3.63) is 98.5 Å². The van der Waals surface area contributed by atoms with Crippen molar-refractivity contribution < 1.29 is 13.6 Å². The van der Waals surface area contributed by atoms with Crippen LogP contribution >= 0.6 is 35.0 Å². The number of thioether (sulfide) groups is 1. The van der Waals surface area contributed by atoms with E-state index in [1.54, 1.807) is 48.5 Å². The standard InChI is InChI=1S/C22H14Cl2FN3O2S/c23-18-5-1-3-15(20(18)24)11-19-21(29)28(13-17-4-2-10-30-17)22(31-19)27-26-12-14-6-8-16(25)9-7-14/h1-12H,13H2/b19-11-,26-12+,27-22-. The SMILES string of the molecule is O=C1/C(=C/c2cccc(Cl)c2Cl)S/C(=N\N=C\c2ccc(F)cc2)N1Cc1ccco1. The molecular formula is C22H14Cl2FN3O2S. The zero-order valence-electron chi connectivity index (χ0n) is 15.8. The largest absolute Gasteiger partial charge is 0.467 e. The first kappa shape index (κ1) is 21.4. The molecule has 9 heteroatoms. The number of hydrogen-bond acceptors (Lipinski definition) is 5. The highest BCUT2D eigenvalue weighted by Crippen LogP contribution is 2.36. The minimum atomic E-state index is -0.334. The molecular weight excluding hydrogens is 460 g/mol. The van der Waals surface area contributed by atoms with E-state index in [1.165, 1.54) is 41.3 Å². The fourth-order valence-electron chi connectivity index (χ4n) is 2.75. The molecule has 0 aliphatic carbocycles. The second-order valence-corrected chi connectivity index (χ2v) is 8.20. The van der Waals surface area contributed by atoms with Crippen LogP contribution in [0, 0.1) is 5.82 Å². The van der Waals surface area contributed by atoms with Crippen LogP contribution in [0.2, 0.25) is 10.0 Å². The van der Waals surface area contributed by atoms with Gasteiger partial charge in [0.1, 0.15) is 11.6 Å². The summed E-state index contributed by atoms with van der Waals surface area (Å²) in [6, 6.07) is 14.6. The average molecular weight is 474 g/mol. The van der Waals surface area contributed by atoms with Crippen molar-refractivity contribution in [3.8, 4) is 0 Å². The van der Waals surface area contributed by atoms with E-state index in [-0.39, 0.29) is 18.3 Å². The molecule has 31 heavy (non-hydrogen) atoms. The topological polar surface area (TPSA) is 58.2 Å². The summed E-state index contributed by atoms with van der Waals surface area (Å²) in [5, 5.41) is 9.41. The minimum absolute atomic E-state index is 0.199. The lowest BCUT2D eigenvalue weighted by molar-refractivity contribution is -0.122. The molecule has 5 nitrogen and oxygen atoms in total. The van der Waals surface area contributed by atoms with Crippen molar-refractivity contribution in [2.75, 3.05) is 0 Å². The summed E-state index contributed by atoms with van der Waals surface area (Å²) < 4.78 is 18.4. The van der Waals surface area contributed by atoms with Crippen molar-refractivity contribution >= 4 is 58.3 Å². The first-order valence-corrected chi connectivity index (χ1v) is 10.6. The Bertz CT molecular complexity index is 1190. The summed E-state index contributed by atoms with van der Waals surface area (Å²) in [4.78, 5) is 14.9. The van der Waals surface area contributed by atoms with E-state index >= 15 is 0 Å². The van der Waals surface area contributed by atoms with Crippen molar-refractivity contribution in [2.45, 2.75) is 6.54 Å². The number of rotatable bonds is 5. The van der Waals surface area contributed by atoms with Crippen LogP contribution in [0.15, 0.2) is 80.4 Å². The molecule has 0 N–H and O–H groups in total. The normalized spacial score (nSPS) is 16.9. The number of furan rings is 1. The molecule has 2 heterocycles. The number of nitrogens with zero attached hydrogens (tertiary/aromatic N) is 3. The van der Waals surface area contributed by atoms with Gasteiger partial charge in [-0.15, -0.1) is 5.10 Å². The van der Waals surface area contributed by atoms with Gasteiger partial charge in [-0.25, -0.2) is 4.39 Å². The molecule has 1 saturated heterocycles. The number of carbonyl (C=O) groups is 1. The molecule has 1 aliphatic rings. The van der Waals surface area contributed by atoms with Crippen LogP contribution in [-0.4, -0.2) is 22.2 Å². The Balaban J connectivity index is 1.64. The van der Waals surface area contributed by atoms with Crippen LogP contribution in [0.1, 0.15) is 16.9 Å². The summed E-state index contributed by atoms with van der Waals surface area (Å²) in [6.45, 7) is 0.199. The molecule has 0 bridgehead atoms. The summed E-state index contributed by atoms with van der Waals surface area (Å²) in [7, 11) is 0. The maximum absolute atomic E-state index is 13.1. The fraction of sp³-hybridized carbons (Fsp3) is 0.0455. The minimum Gasteiger partial charge on any atom is -0.467 e. The number of carbonyl (C=O) groups excluding carboxylic acids is 1. The lowest BCUT2D eigenvalue weighted by Gasteiger charge is -2.12. The van der Waals surface area contributed by atoms with Gasteiger partial charge in [-0.2, -0.15) is 5.10 Å². The van der Waals surface area contributed by atoms with Crippen molar-refractivity contribution in [1.29, 1.82) is 0 Å². The molecule has 1 fully saturated rings. The van der Waals surface area contributed by atoms with E-state index in [0.717, 1.165) is 0 Å². The maximum atomic E-state index is 13.1. The van der Waals surface area contributed by atoms with Gasteiger partial charge in [-0.3, -0.25) is 9.69 Å². The van der Waals surface area contributed by atoms with Gasteiger partial charge in [0.2, 0.25) is 0 Å². The van der Waals surface area contributed by atoms with Gasteiger partial charge in [0.05, 0.1) is 34.0 Å². The first-order valence-electron chi connectivity index (χ1n) is 9.05. The Morgan fingerprint density at radius 3 is 2.65 bits per heavy atom. The van der Waals surface area contributed by atoms with Crippen LogP contribution in [0.4, 0.5) is 4.39 Å². The highest BCUT2D eigenvalue weighted by molar-refractivity contribution is 8.18. The summed E-state index contributed by atoms with van der Waals surface area (Å²) in [5.74, 6) is 0.0128. The Hall–Kier alpha value is -2.87. The Morgan fingerprint density at radius 1 is 1.10 bits per heavy atom. The van der Waals surface area contributed by atoms with Crippen molar-refractivity contribution in [3.63, 3.8) is 0 Å². The van der Waals surface area contributed by atoms with Gasteiger partial charge in [0.15, 0.2) is 5.17 Å². The van der Waals surface area contributed by atoms with E-state index in [1.807, 2.05) is 0 Å². The molecule has 0 saturated carbocycles. The highest BCUT2D eigenvalue weighted by atomic mass is 35.5. The fourth-order valence-corrected chi connectivity index (χ4v) is 4.04. The zero-order chi connectivity index (χ0) is 21.8. The van der Waals surface area contributed by atoms with Gasteiger partial charge in [0, 0.05) is 0 Å². The molecule has 1 amide bonds.